The van der Waals surface area contributed by atoms with Crippen molar-refractivity contribution in [2.75, 3.05) is 25.0 Å². The Kier molecular flexibility index (Phi) is 3.59. The average Bonchev–Trinajstić information content (AvgIpc) is 3.26. The molecule has 4 heteroatoms. The topological polar surface area (TPSA) is 31.4 Å². The van der Waals surface area contributed by atoms with Crippen LogP contribution >= 0.6 is 0 Å². The summed E-state index contributed by atoms with van der Waals surface area (Å²) in [6.45, 7) is 3.25. The molecule has 1 aromatic rings. The Morgan fingerprint density at radius 3 is 2.76 bits per heavy atom. The van der Waals surface area contributed by atoms with E-state index in [0.717, 1.165) is 43.6 Å². The van der Waals surface area contributed by atoms with Crippen molar-refractivity contribution in [3.8, 4) is 0 Å². The van der Waals surface area contributed by atoms with Crippen LogP contribution in [0.1, 0.15) is 37.7 Å². The Morgan fingerprint density at radius 2 is 2.00 bits per heavy atom. The Hall–Kier alpha value is -1.13. The van der Waals surface area contributed by atoms with Gasteiger partial charge in [-0.3, -0.25) is 4.90 Å². The molecule has 1 saturated carbocycles. The van der Waals surface area contributed by atoms with Gasteiger partial charge in [0.2, 0.25) is 0 Å². The van der Waals surface area contributed by atoms with Crippen LogP contribution in [0.2, 0.25) is 0 Å². The van der Waals surface area contributed by atoms with Crippen LogP contribution in [0.15, 0.2) is 18.3 Å². The summed E-state index contributed by atoms with van der Waals surface area (Å²) in [5.74, 6) is 1.16. The van der Waals surface area contributed by atoms with Gasteiger partial charge in [-0.2, -0.15) is 0 Å². The lowest BCUT2D eigenvalue weighted by Gasteiger charge is -2.26. The fourth-order valence-corrected chi connectivity index (χ4v) is 3.77. The molecule has 3 heterocycles. The van der Waals surface area contributed by atoms with E-state index >= 15 is 0 Å². The summed E-state index contributed by atoms with van der Waals surface area (Å²) in [5.41, 5.74) is 1.30. The van der Waals surface area contributed by atoms with E-state index in [9.17, 15) is 0 Å². The molecule has 1 aliphatic carbocycles. The number of anilines is 1. The summed E-state index contributed by atoms with van der Waals surface area (Å²) < 4.78 is 0. The molecule has 3 fully saturated rings. The van der Waals surface area contributed by atoms with Gasteiger partial charge < -0.3 is 10.2 Å². The van der Waals surface area contributed by atoms with Crippen LogP contribution in [0.4, 0.5) is 5.82 Å². The number of fused-ring (bicyclic) bond motifs is 2. The molecule has 1 N–H and O–H groups in total. The van der Waals surface area contributed by atoms with Crippen molar-refractivity contribution in [2.24, 2.45) is 0 Å². The van der Waals surface area contributed by atoms with E-state index < -0.39 is 0 Å². The van der Waals surface area contributed by atoms with Gasteiger partial charge in [0.25, 0.3) is 0 Å². The lowest BCUT2D eigenvalue weighted by Crippen LogP contribution is -2.36. The smallest absolute Gasteiger partial charge is 0.128 e. The van der Waals surface area contributed by atoms with Crippen LogP contribution < -0.4 is 10.2 Å². The zero-order valence-electron chi connectivity index (χ0n) is 13.0. The zero-order chi connectivity index (χ0) is 14.2. The highest BCUT2D eigenvalue weighted by molar-refractivity contribution is 5.40. The van der Waals surface area contributed by atoms with Crippen molar-refractivity contribution in [3.05, 3.63) is 23.9 Å². The average molecular weight is 286 g/mol. The predicted octanol–water partition coefficient (Wildman–Crippen LogP) is 2.01. The van der Waals surface area contributed by atoms with Crippen molar-refractivity contribution < 1.29 is 0 Å². The Balaban J connectivity index is 1.40. The third kappa shape index (κ3) is 2.92. The van der Waals surface area contributed by atoms with Crippen LogP contribution in [-0.4, -0.2) is 48.1 Å². The molecule has 0 aromatic carbocycles. The van der Waals surface area contributed by atoms with E-state index in [0.29, 0.717) is 0 Å². The molecule has 3 aliphatic rings. The number of hydrogen-bond acceptors (Lipinski definition) is 4. The van der Waals surface area contributed by atoms with Gasteiger partial charge in [-0.25, -0.2) is 4.98 Å². The Bertz CT molecular complexity index is 482. The molecule has 114 valence electrons. The molecule has 21 heavy (non-hydrogen) atoms. The third-order valence-corrected chi connectivity index (χ3v) is 5.45. The molecule has 0 spiro atoms. The lowest BCUT2D eigenvalue weighted by atomic mass is 10.1. The maximum Gasteiger partial charge on any atom is 0.128 e. The summed E-state index contributed by atoms with van der Waals surface area (Å²) in [4.78, 5) is 9.79. The first-order valence-corrected chi connectivity index (χ1v) is 8.45. The second kappa shape index (κ2) is 5.58. The summed E-state index contributed by atoms with van der Waals surface area (Å²) in [7, 11) is 2.30. The standard InChI is InChI=1S/C17H26N4/c1-20-15-5-6-16(20)12-21(9-8-15)17-7-2-13(11-19-17)10-18-14-3-4-14/h2,7,11,14-16,18H,3-6,8-10,12H2,1H3. The fraction of sp³-hybridized carbons (Fsp3) is 0.706. The number of pyridine rings is 1. The minimum atomic E-state index is 0.718. The Morgan fingerprint density at radius 1 is 1.14 bits per heavy atom. The van der Waals surface area contributed by atoms with Crippen molar-refractivity contribution in [3.63, 3.8) is 0 Å². The van der Waals surface area contributed by atoms with Crippen LogP contribution in [0.3, 0.4) is 0 Å². The molecule has 4 nitrogen and oxygen atoms in total. The first-order chi connectivity index (χ1) is 10.3. The lowest BCUT2D eigenvalue weighted by molar-refractivity contribution is 0.254. The maximum atomic E-state index is 4.72. The molecule has 4 rings (SSSR count). The van der Waals surface area contributed by atoms with E-state index in [2.05, 4.69) is 40.5 Å². The fourth-order valence-electron chi connectivity index (χ4n) is 3.77. The van der Waals surface area contributed by atoms with Crippen LogP contribution in [0.25, 0.3) is 0 Å². The van der Waals surface area contributed by atoms with Gasteiger partial charge in [-0.1, -0.05) is 6.07 Å². The van der Waals surface area contributed by atoms with Gasteiger partial charge in [0.15, 0.2) is 0 Å². The molecule has 1 aromatic heterocycles. The van der Waals surface area contributed by atoms with Crippen molar-refractivity contribution in [1.29, 1.82) is 0 Å². The van der Waals surface area contributed by atoms with E-state index in [4.69, 9.17) is 4.98 Å². The van der Waals surface area contributed by atoms with E-state index in [-0.39, 0.29) is 0 Å². The number of likely N-dealkylation sites (N-methyl/N-ethyl adjacent to an activating group) is 1. The quantitative estimate of drug-likeness (QED) is 0.917. The number of hydrogen-bond donors (Lipinski definition) is 1. The highest BCUT2D eigenvalue weighted by atomic mass is 15.3. The van der Waals surface area contributed by atoms with E-state index in [1.807, 2.05) is 0 Å². The number of rotatable bonds is 4. The minimum absolute atomic E-state index is 0.718. The van der Waals surface area contributed by atoms with Gasteiger partial charge in [0, 0.05) is 44.0 Å². The summed E-state index contributed by atoms with van der Waals surface area (Å²) in [5, 5.41) is 3.55. The van der Waals surface area contributed by atoms with Gasteiger partial charge >= 0.3 is 0 Å². The molecule has 2 aliphatic heterocycles. The SMILES string of the molecule is CN1C2CCC1CN(c1ccc(CNC3CC3)cn1)CC2. The summed E-state index contributed by atoms with van der Waals surface area (Å²) in [6, 6.07) is 6.73. The van der Waals surface area contributed by atoms with E-state index in [1.54, 1.807) is 0 Å². The van der Waals surface area contributed by atoms with Crippen LogP contribution in [0.5, 0.6) is 0 Å². The highest BCUT2D eigenvalue weighted by Crippen LogP contribution is 2.30. The first kappa shape index (κ1) is 13.5. The van der Waals surface area contributed by atoms with Crippen LogP contribution in [0, 0.1) is 0 Å². The highest BCUT2D eigenvalue weighted by Gasteiger charge is 2.34. The molecule has 2 bridgehead atoms. The molecule has 2 unspecified atom stereocenters. The monoisotopic (exact) mass is 286 g/mol. The van der Waals surface area contributed by atoms with Gasteiger partial charge in [-0.05, 0) is 50.8 Å². The summed E-state index contributed by atoms with van der Waals surface area (Å²) >= 11 is 0. The van der Waals surface area contributed by atoms with Gasteiger partial charge in [0.1, 0.15) is 5.82 Å². The molecule has 2 atom stereocenters. The third-order valence-electron chi connectivity index (χ3n) is 5.45. The molecule has 0 radical (unpaired) electrons. The van der Waals surface area contributed by atoms with Crippen LogP contribution in [-0.2, 0) is 6.54 Å². The maximum absolute atomic E-state index is 4.72. The molecule has 2 saturated heterocycles. The van der Waals surface area contributed by atoms with Crippen molar-refractivity contribution >= 4 is 5.82 Å². The van der Waals surface area contributed by atoms with Gasteiger partial charge in [-0.15, -0.1) is 0 Å². The predicted molar refractivity (Wildman–Crippen MR) is 85.5 cm³/mol. The molecular formula is C17H26N4. The molecule has 0 amide bonds. The minimum Gasteiger partial charge on any atom is -0.355 e. The number of aromatic nitrogens is 1. The normalized spacial score (nSPS) is 29.7. The van der Waals surface area contributed by atoms with Gasteiger partial charge in [0.05, 0.1) is 0 Å². The second-order valence-corrected chi connectivity index (χ2v) is 6.96. The van der Waals surface area contributed by atoms with Crippen molar-refractivity contribution in [1.82, 2.24) is 15.2 Å². The second-order valence-electron chi connectivity index (χ2n) is 6.96. The largest absolute Gasteiger partial charge is 0.355 e. The summed E-state index contributed by atoms with van der Waals surface area (Å²) in [6.07, 6.45) is 8.75. The Labute approximate surface area is 127 Å². The number of nitrogens with one attached hydrogen (secondary N) is 1. The van der Waals surface area contributed by atoms with E-state index in [1.165, 1.54) is 37.7 Å². The number of nitrogens with zero attached hydrogens (tertiary/aromatic N) is 3. The first-order valence-electron chi connectivity index (χ1n) is 8.45. The van der Waals surface area contributed by atoms with Crippen molar-refractivity contribution in [2.45, 2.75) is 56.8 Å². The molecular weight excluding hydrogens is 260 g/mol. The zero-order valence-corrected chi connectivity index (χ0v) is 13.0.